The van der Waals surface area contributed by atoms with Crippen LogP contribution >= 0.6 is 11.3 Å². The Bertz CT molecular complexity index is 335. The van der Waals surface area contributed by atoms with E-state index >= 15 is 0 Å². The van der Waals surface area contributed by atoms with Gasteiger partial charge in [-0.2, -0.15) is 0 Å². The van der Waals surface area contributed by atoms with E-state index < -0.39 is 0 Å². The highest BCUT2D eigenvalue weighted by molar-refractivity contribution is 7.09. The Kier molecular flexibility index (Phi) is 3.90. The summed E-state index contributed by atoms with van der Waals surface area (Å²) in [7, 11) is 0. The van der Waals surface area contributed by atoms with Crippen LogP contribution in [-0.4, -0.2) is 24.0 Å². The quantitative estimate of drug-likeness (QED) is 0.787. The molecule has 0 aromatic carbocycles. The summed E-state index contributed by atoms with van der Waals surface area (Å²) in [6, 6.07) is 0.00947. The van der Waals surface area contributed by atoms with Crippen molar-refractivity contribution in [2.45, 2.75) is 25.8 Å². The third kappa shape index (κ3) is 3.57. The van der Waals surface area contributed by atoms with E-state index in [0.29, 0.717) is 6.54 Å². The molecule has 0 radical (unpaired) electrons. The van der Waals surface area contributed by atoms with E-state index in [1.807, 2.05) is 12.3 Å². The van der Waals surface area contributed by atoms with Crippen LogP contribution in [0.15, 0.2) is 11.6 Å². The Labute approximate surface area is 99.5 Å². The van der Waals surface area contributed by atoms with Gasteiger partial charge in [-0.1, -0.05) is 0 Å². The first-order valence-corrected chi connectivity index (χ1v) is 6.53. The lowest BCUT2D eigenvalue weighted by atomic mass is 10.3. The molecule has 1 aromatic heterocycles. The topological polar surface area (TPSA) is 54.0 Å². The van der Waals surface area contributed by atoms with Crippen molar-refractivity contribution in [2.24, 2.45) is 5.92 Å². The molecule has 1 atom stereocenters. The van der Waals surface area contributed by atoms with Crippen molar-refractivity contribution in [1.29, 1.82) is 0 Å². The molecular weight excluding hydrogens is 222 g/mol. The number of thiazole rings is 1. The second-order valence-electron chi connectivity index (χ2n) is 4.23. The maximum absolute atomic E-state index is 11.6. The van der Waals surface area contributed by atoms with E-state index in [0.717, 1.165) is 17.5 Å². The highest BCUT2D eigenvalue weighted by atomic mass is 32.1. The molecule has 2 N–H and O–H groups in total. The molecule has 1 amide bonds. The average Bonchev–Trinajstić information content (AvgIpc) is 2.91. The number of rotatable bonds is 6. The lowest BCUT2D eigenvalue weighted by Gasteiger charge is -2.11. The van der Waals surface area contributed by atoms with Crippen LogP contribution in [-0.2, 0) is 4.79 Å². The normalized spacial score (nSPS) is 17.1. The van der Waals surface area contributed by atoms with Gasteiger partial charge in [-0.05, 0) is 32.2 Å². The summed E-state index contributed by atoms with van der Waals surface area (Å²) >= 11 is 1.57. The van der Waals surface area contributed by atoms with Crippen molar-refractivity contribution in [3.8, 4) is 0 Å². The van der Waals surface area contributed by atoms with Crippen LogP contribution in [0.5, 0.6) is 0 Å². The van der Waals surface area contributed by atoms with E-state index in [9.17, 15) is 4.79 Å². The summed E-state index contributed by atoms with van der Waals surface area (Å²) in [5, 5.41) is 8.97. The van der Waals surface area contributed by atoms with Crippen molar-refractivity contribution in [3.63, 3.8) is 0 Å². The Hall–Kier alpha value is -0.940. The lowest BCUT2D eigenvalue weighted by molar-refractivity contribution is -0.120. The maximum atomic E-state index is 11.6. The molecule has 88 valence electrons. The van der Waals surface area contributed by atoms with Crippen LogP contribution in [0, 0.1) is 5.92 Å². The molecule has 1 aromatic rings. The van der Waals surface area contributed by atoms with Crippen LogP contribution < -0.4 is 10.6 Å². The second-order valence-corrected chi connectivity index (χ2v) is 5.16. The molecule has 1 heterocycles. The molecule has 1 aliphatic carbocycles. The van der Waals surface area contributed by atoms with E-state index in [1.165, 1.54) is 12.8 Å². The van der Waals surface area contributed by atoms with E-state index in [4.69, 9.17) is 0 Å². The highest BCUT2D eigenvalue weighted by Gasteiger charge is 2.20. The van der Waals surface area contributed by atoms with Gasteiger partial charge in [-0.3, -0.25) is 4.79 Å². The largest absolute Gasteiger partial charge is 0.346 e. The molecule has 2 rings (SSSR count). The number of amides is 1. The number of carbonyl (C=O) groups is 1. The highest BCUT2D eigenvalue weighted by Crippen LogP contribution is 2.27. The molecule has 0 spiro atoms. The first-order valence-electron chi connectivity index (χ1n) is 5.65. The summed E-state index contributed by atoms with van der Waals surface area (Å²) in [5.74, 6) is 0.854. The predicted octanol–water partition coefficient (Wildman–Crippen LogP) is 1.32. The zero-order valence-corrected chi connectivity index (χ0v) is 10.2. The number of nitrogens with one attached hydrogen (secondary N) is 2. The van der Waals surface area contributed by atoms with Crippen molar-refractivity contribution >= 4 is 17.2 Å². The SMILES string of the molecule is CC(NC(=O)CNCC1CC1)c1nccs1. The molecule has 16 heavy (non-hydrogen) atoms. The Balaban J connectivity index is 1.65. The maximum Gasteiger partial charge on any atom is 0.234 e. The van der Waals surface area contributed by atoms with Gasteiger partial charge in [0.05, 0.1) is 12.6 Å². The minimum absolute atomic E-state index is 0.00947. The van der Waals surface area contributed by atoms with Crippen molar-refractivity contribution in [1.82, 2.24) is 15.6 Å². The molecule has 0 saturated heterocycles. The fourth-order valence-electron chi connectivity index (χ4n) is 1.51. The third-order valence-electron chi connectivity index (χ3n) is 2.61. The zero-order chi connectivity index (χ0) is 11.4. The van der Waals surface area contributed by atoms with E-state index in [-0.39, 0.29) is 11.9 Å². The minimum atomic E-state index is 0.00947. The van der Waals surface area contributed by atoms with Crippen LogP contribution in [0.1, 0.15) is 30.8 Å². The molecule has 1 unspecified atom stereocenters. The van der Waals surface area contributed by atoms with Crippen molar-refractivity contribution < 1.29 is 4.79 Å². The van der Waals surface area contributed by atoms with Gasteiger partial charge in [0.15, 0.2) is 0 Å². The van der Waals surface area contributed by atoms with Crippen LogP contribution in [0.2, 0.25) is 0 Å². The number of hydrogen-bond donors (Lipinski definition) is 2. The van der Waals surface area contributed by atoms with Gasteiger partial charge in [0.1, 0.15) is 5.01 Å². The van der Waals surface area contributed by atoms with E-state index in [1.54, 1.807) is 17.5 Å². The monoisotopic (exact) mass is 239 g/mol. The number of nitrogens with zero attached hydrogens (tertiary/aromatic N) is 1. The van der Waals surface area contributed by atoms with Crippen LogP contribution in [0.4, 0.5) is 0 Å². The van der Waals surface area contributed by atoms with Gasteiger partial charge in [0.25, 0.3) is 0 Å². The van der Waals surface area contributed by atoms with Gasteiger partial charge in [0, 0.05) is 11.6 Å². The fourth-order valence-corrected chi connectivity index (χ4v) is 2.16. The van der Waals surface area contributed by atoms with E-state index in [2.05, 4.69) is 15.6 Å². The number of hydrogen-bond acceptors (Lipinski definition) is 4. The summed E-state index contributed by atoms with van der Waals surface area (Å²) in [5.41, 5.74) is 0. The van der Waals surface area contributed by atoms with Crippen molar-refractivity contribution in [2.75, 3.05) is 13.1 Å². The smallest absolute Gasteiger partial charge is 0.234 e. The van der Waals surface area contributed by atoms with Gasteiger partial charge < -0.3 is 10.6 Å². The van der Waals surface area contributed by atoms with Gasteiger partial charge >= 0.3 is 0 Å². The van der Waals surface area contributed by atoms with Crippen LogP contribution in [0.3, 0.4) is 0 Å². The van der Waals surface area contributed by atoms with Gasteiger partial charge in [0.2, 0.25) is 5.91 Å². The molecule has 5 heteroatoms. The summed E-state index contributed by atoms with van der Waals surface area (Å²) in [6.07, 6.45) is 4.38. The first-order chi connectivity index (χ1) is 7.75. The molecule has 1 saturated carbocycles. The number of aromatic nitrogens is 1. The summed E-state index contributed by atoms with van der Waals surface area (Å²) in [4.78, 5) is 15.7. The Morgan fingerprint density at radius 2 is 2.50 bits per heavy atom. The predicted molar refractivity (Wildman–Crippen MR) is 64.3 cm³/mol. The molecule has 0 aliphatic heterocycles. The second kappa shape index (κ2) is 5.41. The lowest BCUT2D eigenvalue weighted by Crippen LogP contribution is -2.36. The number of carbonyl (C=O) groups excluding carboxylic acids is 1. The molecule has 1 aliphatic rings. The Morgan fingerprint density at radius 1 is 1.69 bits per heavy atom. The van der Waals surface area contributed by atoms with Crippen molar-refractivity contribution in [3.05, 3.63) is 16.6 Å². The zero-order valence-electron chi connectivity index (χ0n) is 9.40. The molecular formula is C11H17N3OS. The standard InChI is InChI=1S/C11H17N3OS/c1-8(11-13-4-5-16-11)14-10(15)7-12-6-9-2-3-9/h4-5,8-9,12H,2-3,6-7H2,1H3,(H,14,15). The van der Waals surface area contributed by atoms with Gasteiger partial charge in [-0.15, -0.1) is 11.3 Å². The summed E-state index contributed by atoms with van der Waals surface area (Å²) < 4.78 is 0. The van der Waals surface area contributed by atoms with Crippen LogP contribution in [0.25, 0.3) is 0 Å². The molecule has 4 nitrogen and oxygen atoms in total. The van der Waals surface area contributed by atoms with Gasteiger partial charge in [-0.25, -0.2) is 4.98 Å². The average molecular weight is 239 g/mol. The molecule has 1 fully saturated rings. The third-order valence-corrected chi connectivity index (χ3v) is 3.57. The Morgan fingerprint density at radius 3 is 3.12 bits per heavy atom. The first kappa shape index (κ1) is 11.5. The molecule has 0 bridgehead atoms. The fraction of sp³-hybridized carbons (Fsp3) is 0.636. The summed E-state index contributed by atoms with van der Waals surface area (Å²) in [6.45, 7) is 3.34. The minimum Gasteiger partial charge on any atom is -0.346 e.